The summed E-state index contributed by atoms with van der Waals surface area (Å²) >= 11 is 0. The molecule has 0 heterocycles. The first kappa shape index (κ1) is 23.8. The van der Waals surface area contributed by atoms with E-state index in [-0.39, 0.29) is 11.3 Å². The topological polar surface area (TPSA) is 51.2 Å². The van der Waals surface area contributed by atoms with Gasteiger partial charge in [-0.25, -0.2) is 4.79 Å². The Bertz CT molecular complexity index is 1220. The van der Waals surface area contributed by atoms with Crippen LogP contribution in [0.25, 0.3) is 0 Å². The van der Waals surface area contributed by atoms with Crippen molar-refractivity contribution >= 4 is 24.4 Å². The van der Waals surface area contributed by atoms with Crippen LogP contribution in [0, 0.1) is 27.7 Å². The fourth-order valence-electron chi connectivity index (χ4n) is 4.36. The highest BCUT2D eigenvalue weighted by Crippen LogP contribution is 2.35. The first-order valence-electron chi connectivity index (χ1n) is 11.1. The number of benzene rings is 3. The van der Waals surface area contributed by atoms with E-state index in [1.807, 2.05) is 77.9 Å². The summed E-state index contributed by atoms with van der Waals surface area (Å²) in [5, 5.41) is 0.536. The van der Waals surface area contributed by atoms with Gasteiger partial charge in [0.25, 0.3) is 0 Å². The maximum absolute atomic E-state index is 13.8. The third-order valence-corrected chi connectivity index (χ3v) is 7.89. The van der Waals surface area contributed by atoms with E-state index in [1.54, 1.807) is 12.1 Å². The smallest absolute Gasteiger partial charge is 0.289 e. The Morgan fingerprint density at radius 1 is 0.812 bits per heavy atom. The van der Waals surface area contributed by atoms with Crippen LogP contribution in [0.1, 0.15) is 73.5 Å². The van der Waals surface area contributed by atoms with Crippen LogP contribution in [0.3, 0.4) is 0 Å². The van der Waals surface area contributed by atoms with Crippen LogP contribution in [-0.2, 0) is 17.4 Å². The molecule has 3 rings (SSSR count). The van der Waals surface area contributed by atoms with Crippen LogP contribution in [0.2, 0.25) is 0 Å². The van der Waals surface area contributed by atoms with Gasteiger partial charge in [-0.1, -0.05) is 66.9 Å². The number of ketones is 1. The van der Waals surface area contributed by atoms with Gasteiger partial charge in [0.05, 0.1) is 5.56 Å². The lowest BCUT2D eigenvalue weighted by Crippen LogP contribution is -2.20. The minimum absolute atomic E-state index is 0.110. The van der Waals surface area contributed by atoms with Gasteiger partial charge < -0.3 is 0 Å². The Labute approximate surface area is 191 Å². The molecule has 0 radical (unpaired) electrons. The summed E-state index contributed by atoms with van der Waals surface area (Å²) in [4.78, 5) is 26.8. The van der Waals surface area contributed by atoms with Gasteiger partial charge in [-0.05, 0) is 62.8 Å². The van der Waals surface area contributed by atoms with Crippen molar-refractivity contribution < 1.29 is 14.2 Å². The second kappa shape index (κ2) is 9.71. The van der Waals surface area contributed by atoms with Gasteiger partial charge >= 0.3 is 13.3 Å². The van der Waals surface area contributed by atoms with Gasteiger partial charge in [0.15, 0.2) is 5.78 Å². The van der Waals surface area contributed by atoms with Crippen molar-refractivity contribution in [3.63, 3.8) is 0 Å². The van der Waals surface area contributed by atoms with Crippen LogP contribution < -0.4 is 5.30 Å². The summed E-state index contributed by atoms with van der Waals surface area (Å²) in [6.45, 7) is 11.8. The van der Waals surface area contributed by atoms with E-state index in [2.05, 4.69) is 0 Å². The molecule has 0 saturated heterocycles. The molecule has 1 atom stereocenters. The molecule has 0 aromatic heterocycles. The van der Waals surface area contributed by atoms with Crippen molar-refractivity contribution in [3.05, 3.63) is 98.6 Å². The normalized spacial score (nSPS) is 11.4. The zero-order valence-electron chi connectivity index (χ0n) is 19.7. The van der Waals surface area contributed by atoms with Crippen LogP contribution in [0.15, 0.2) is 48.5 Å². The summed E-state index contributed by atoms with van der Waals surface area (Å²) in [6.07, 6.45) is 1.16. The molecule has 164 valence electrons. The predicted octanol–water partition coefficient (Wildman–Crippen LogP) is 6.57. The number of aryl methyl sites for hydroxylation is 3. The van der Waals surface area contributed by atoms with E-state index < -0.39 is 7.80 Å². The number of hydrogen-bond donors (Lipinski definition) is 0. The maximum atomic E-state index is 13.8. The molecule has 0 amide bonds. The highest BCUT2D eigenvalue weighted by molar-refractivity contribution is 7.71. The van der Waals surface area contributed by atoms with Crippen molar-refractivity contribution in [3.8, 4) is 0 Å². The molecular formula is C28H30O3P+. The van der Waals surface area contributed by atoms with E-state index >= 15 is 0 Å². The third-order valence-electron chi connectivity index (χ3n) is 6.34. The Morgan fingerprint density at radius 2 is 1.47 bits per heavy atom. The Kier molecular flexibility index (Phi) is 7.21. The summed E-state index contributed by atoms with van der Waals surface area (Å²) in [5.41, 5.74) is 6.75. The second-order valence-electron chi connectivity index (χ2n) is 8.24. The summed E-state index contributed by atoms with van der Waals surface area (Å²) in [5.74, 6) is -0.110. The maximum Gasteiger partial charge on any atom is 0.459 e. The summed E-state index contributed by atoms with van der Waals surface area (Å²) in [7, 11) is -2.37. The fraction of sp³-hybridized carbons (Fsp3) is 0.286. The lowest BCUT2D eigenvalue weighted by molar-refractivity contribution is 0.103. The lowest BCUT2D eigenvalue weighted by Gasteiger charge is -2.13. The van der Waals surface area contributed by atoms with Gasteiger partial charge in [-0.15, -0.1) is 0 Å². The predicted molar refractivity (Wildman–Crippen MR) is 132 cm³/mol. The summed E-state index contributed by atoms with van der Waals surface area (Å²) < 4.78 is 13.8. The van der Waals surface area contributed by atoms with Gasteiger partial charge in [-0.3, -0.25) is 4.79 Å². The van der Waals surface area contributed by atoms with Gasteiger partial charge in [0.1, 0.15) is 0 Å². The lowest BCUT2D eigenvalue weighted by atomic mass is 9.94. The number of carbonyl (C=O) groups excluding carboxylic acids is 2. The van der Waals surface area contributed by atoms with Crippen LogP contribution >= 0.6 is 7.80 Å². The molecule has 32 heavy (non-hydrogen) atoms. The van der Waals surface area contributed by atoms with E-state index in [4.69, 9.17) is 0 Å². The monoisotopic (exact) mass is 445 g/mol. The van der Waals surface area contributed by atoms with Crippen LogP contribution in [-0.4, -0.2) is 11.3 Å². The average molecular weight is 446 g/mol. The molecule has 0 saturated carbocycles. The third kappa shape index (κ3) is 4.23. The van der Waals surface area contributed by atoms with Crippen molar-refractivity contribution in [2.75, 3.05) is 0 Å². The Morgan fingerprint density at radius 3 is 2.06 bits per heavy atom. The van der Waals surface area contributed by atoms with Crippen molar-refractivity contribution in [2.45, 2.75) is 54.4 Å². The standard InChI is InChI=1S/C28H30O3P/c1-7-21-14-15-24(26(29)22-12-10-9-11-13-22)23(8-2)27(21)32(31)28(30)25-18(4)16-17(3)19(5)20(25)6/h9-16H,7-8H2,1-6H3/q+1. The zero-order chi connectivity index (χ0) is 23.6. The van der Waals surface area contributed by atoms with Gasteiger partial charge in [-0.2, -0.15) is 0 Å². The van der Waals surface area contributed by atoms with Crippen molar-refractivity contribution in [2.24, 2.45) is 0 Å². The molecule has 1 unspecified atom stereocenters. The van der Waals surface area contributed by atoms with Gasteiger partial charge in [0, 0.05) is 22.3 Å². The molecule has 0 aliphatic heterocycles. The van der Waals surface area contributed by atoms with Crippen LogP contribution in [0.5, 0.6) is 0 Å². The highest BCUT2D eigenvalue weighted by Gasteiger charge is 2.40. The molecule has 3 nitrogen and oxygen atoms in total. The molecule has 0 aliphatic carbocycles. The van der Waals surface area contributed by atoms with E-state index in [1.165, 1.54) is 0 Å². The number of rotatable bonds is 7. The first-order valence-corrected chi connectivity index (χ1v) is 12.3. The molecule has 3 aromatic carbocycles. The second-order valence-corrected chi connectivity index (χ2v) is 9.68. The molecule has 0 spiro atoms. The molecule has 3 aromatic rings. The zero-order valence-corrected chi connectivity index (χ0v) is 20.6. The fourth-order valence-corrected chi connectivity index (χ4v) is 6.12. The van der Waals surface area contributed by atoms with Gasteiger partial charge in [0.2, 0.25) is 5.30 Å². The molecule has 0 aliphatic rings. The molecule has 0 N–H and O–H groups in total. The minimum atomic E-state index is -2.37. The quantitative estimate of drug-likeness (QED) is 0.305. The average Bonchev–Trinajstić information content (AvgIpc) is 2.81. The minimum Gasteiger partial charge on any atom is -0.289 e. The van der Waals surface area contributed by atoms with Crippen molar-refractivity contribution in [1.82, 2.24) is 0 Å². The highest BCUT2D eigenvalue weighted by atomic mass is 31.1. The van der Waals surface area contributed by atoms with E-state index in [9.17, 15) is 14.2 Å². The van der Waals surface area contributed by atoms with E-state index in [0.29, 0.717) is 40.4 Å². The first-order chi connectivity index (χ1) is 15.2. The van der Waals surface area contributed by atoms with Crippen molar-refractivity contribution in [1.29, 1.82) is 0 Å². The van der Waals surface area contributed by atoms with Crippen LogP contribution in [0.4, 0.5) is 0 Å². The Balaban J connectivity index is 2.19. The molecule has 4 heteroatoms. The largest absolute Gasteiger partial charge is 0.459 e. The SMILES string of the molecule is CCc1ccc(C(=O)c2ccccc2)c(CC)c1[P+](=O)C(=O)c1c(C)cc(C)c(C)c1C. The Hall–Kier alpha value is -2.90. The molecular weight excluding hydrogens is 415 g/mol. The summed E-state index contributed by atoms with van der Waals surface area (Å²) in [6, 6.07) is 14.7. The number of hydrogen-bond acceptors (Lipinski definition) is 3. The molecule has 0 fully saturated rings. The molecule has 0 bridgehead atoms. The van der Waals surface area contributed by atoms with E-state index in [0.717, 1.165) is 27.8 Å². The number of carbonyl (C=O) groups is 2.